The minimum Gasteiger partial charge on any atom is -0.423 e. The smallest absolute Gasteiger partial charge is 0.336 e. The van der Waals surface area contributed by atoms with Crippen LogP contribution in [-0.4, -0.2) is 5.97 Å². The number of carbonyl (C=O) groups excluding carboxylic acids is 1. The van der Waals surface area contributed by atoms with Crippen LogP contribution in [0.15, 0.2) is 47.7 Å². The molecule has 2 heteroatoms. The summed E-state index contributed by atoms with van der Waals surface area (Å²) >= 11 is 0. The van der Waals surface area contributed by atoms with Crippen LogP contribution in [0.1, 0.15) is 12.5 Å². The van der Waals surface area contributed by atoms with Crippen molar-refractivity contribution in [1.82, 2.24) is 0 Å². The summed E-state index contributed by atoms with van der Waals surface area (Å²) in [4.78, 5) is 10.9. The molecule has 1 aliphatic rings. The van der Waals surface area contributed by atoms with E-state index < -0.39 is 0 Å². The second-order valence-corrected chi connectivity index (χ2v) is 3.17. The molecule has 0 aromatic heterocycles. The van der Waals surface area contributed by atoms with Gasteiger partial charge in [-0.05, 0) is 24.1 Å². The zero-order valence-corrected chi connectivity index (χ0v) is 7.86. The van der Waals surface area contributed by atoms with Crippen LogP contribution < -0.4 is 0 Å². The number of rotatable bonds is 1. The molecule has 70 valence electrons. The lowest BCUT2D eigenvalue weighted by molar-refractivity contribution is -0.132. The number of allylic oxidation sites excluding steroid dienone is 1. The van der Waals surface area contributed by atoms with Crippen LogP contribution in [0.4, 0.5) is 0 Å². The SMILES string of the molecule is CC1=CC(=O)O/C1=C\c1ccccc1. The highest BCUT2D eigenvalue weighted by molar-refractivity contribution is 5.89. The summed E-state index contributed by atoms with van der Waals surface area (Å²) in [6.45, 7) is 1.86. The van der Waals surface area contributed by atoms with Gasteiger partial charge in [0.15, 0.2) is 0 Å². The lowest BCUT2D eigenvalue weighted by Crippen LogP contribution is -1.90. The van der Waals surface area contributed by atoms with E-state index in [4.69, 9.17) is 4.74 Å². The van der Waals surface area contributed by atoms with Crippen molar-refractivity contribution in [2.75, 3.05) is 0 Å². The fourth-order valence-electron chi connectivity index (χ4n) is 1.31. The van der Waals surface area contributed by atoms with Crippen molar-refractivity contribution in [3.8, 4) is 0 Å². The third-order valence-corrected chi connectivity index (χ3v) is 2.03. The predicted molar refractivity (Wildman–Crippen MR) is 54.3 cm³/mol. The molecule has 1 heterocycles. The molecule has 0 radical (unpaired) electrons. The first-order chi connectivity index (χ1) is 6.75. The van der Waals surface area contributed by atoms with Gasteiger partial charge in [-0.2, -0.15) is 0 Å². The Hall–Kier alpha value is -1.83. The molecule has 0 atom stereocenters. The minimum atomic E-state index is -0.287. The Morgan fingerprint density at radius 3 is 2.50 bits per heavy atom. The molecule has 0 N–H and O–H groups in total. The Labute approximate surface area is 82.5 Å². The molecule has 0 bridgehead atoms. The van der Waals surface area contributed by atoms with Crippen LogP contribution in [0.2, 0.25) is 0 Å². The van der Waals surface area contributed by atoms with Crippen molar-refractivity contribution in [3.63, 3.8) is 0 Å². The fourth-order valence-corrected chi connectivity index (χ4v) is 1.31. The summed E-state index contributed by atoms with van der Waals surface area (Å²) in [6.07, 6.45) is 3.35. The van der Waals surface area contributed by atoms with E-state index in [0.29, 0.717) is 5.76 Å². The van der Waals surface area contributed by atoms with Gasteiger partial charge in [-0.1, -0.05) is 30.3 Å². The summed E-state index contributed by atoms with van der Waals surface area (Å²) in [5, 5.41) is 0. The molecule has 0 amide bonds. The molecule has 1 aromatic rings. The highest BCUT2D eigenvalue weighted by Gasteiger charge is 2.15. The molecule has 0 saturated carbocycles. The third kappa shape index (κ3) is 1.74. The fraction of sp³-hybridized carbons (Fsp3) is 0.0833. The van der Waals surface area contributed by atoms with Gasteiger partial charge >= 0.3 is 5.97 Å². The number of benzene rings is 1. The van der Waals surface area contributed by atoms with Gasteiger partial charge in [0.05, 0.1) is 0 Å². The Morgan fingerprint density at radius 1 is 1.21 bits per heavy atom. The van der Waals surface area contributed by atoms with Gasteiger partial charge in [0.25, 0.3) is 0 Å². The number of esters is 1. The quantitative estimate of drug-likeness (QED) is 0.630. The first-order valence-corrected chi connectivity index (χ1v) is 4.43. The van der Waals surface area contributed by atoms with Gasteiger partial charge in [-0.15, -0.1) is 0 Å². The highest BCUT2D eigenvalue weighted by Crippen LogP contribution is 2.21. The first kappa shape index (κ1) is 8.75. The number of hydrogen-bond acceptors (Lipinski definition) is 2. The number of hydrogen-bond donors (Lipinski definition) is 0. The van der Waals surface area contributed by atoms with Crippen molar-refractivity contribution < 1.29 is 9.53 Å². The maximum Gasteiger partial charge on any atom is 0.336 e. The normalized spacial score (nSPS) is 18.2. The lowest BCUT2D eigenvalue weighted by atomic mass is 10.1. The Kier molecular flexibility index (Phi) is 2.19. The van der Waals surface area contributed by atoms with Crippen LogP contribution in [-0.2, 0) is 9.53 Å². The van der Waals surface area contributed by atoms with E-state index in [1.807, 2.05) is 43.3 Å². The van der Waals surface area contributed by atoms with Crippen LogP contribution >= 0.6 is 0 Å². The molecule has 0 spiro atoms. The van der Waals surface area contributed by atoms with Gasteiger partial charge in [0.2, 0.25) is 0 Å². The van der Waals surface area contributed by atoms with E-state index in [1.165, 1.54) is 6.08 Å². The standard InChI is InChI=1S/C12H10O2/c1-9-7-12(13)14-11(9)8-10-5-3-2-4-6-10/h2-8H,1H3/b11-8-. The molecule has 1 aromatic carbocycles. The highest BCUT2D eigenvalue weighted by atomic mass is 16.5. The summed E-state index contributed by atoms with van der Waals surface area (Å²) < 4.78 is 5.01. The van der Waals surface area contributed by atoms with E-state index >= 15 is 0 Å². The molecular weight excluding hydrogens is 176 g/mol. The predicted octanol–water partition coefficient (Wildman–Crippen LogP) is 2.53. The van der Waals surface area contributed by atoms with Gasteiger partial charge in [-0.3, -0.25) is 0 Å². The van der Waals surface area contributed by atoms with Crippen LogP contribution in [0.5, 0.6) is 0 Å². The van der Waals surface area contributed by atoms with Crippen LogP contribution in [0.3, 0.4) is 0 Å². The van der Waals surface area contributed by atoms with Crippen molar-refractivity contribution in [1.29, 1.82) is 0 Å². The zero-order chi connectivity index (χ0) is 9.97. The number of cyclic esters (lactones) is 1. The van der Waals surface area contributed by atoms with Crippen molar-refractivity contribution in [2.45, 2.75) is 6.92 Å². The number of carbonyl (C=O) groups is 1. The molecule has 0 aliphatic carbocycles. The summed E-state index contributed by atoms with van der Waals surface area (Å²) in [5.41, 5.74) is 1.91. The summed E-state index contributed by atoms with van der Waals surface area (Å²) in [7, 11) is 0. The summed E-state index contributed by atoms with van der Waals surface area (Å²) in [6, 6.07) is 9.77. The monoisotopic (exact) mass is 186 g/mol. The van der Waals surface area contributed by atoms with Gasteiger partial charge in [0, 0.05) is 6.08 Å². The van der Waals surface area contributed by atoms with Gasteiger partial charge < -0.3 is 4.74 Å². The summed E-state index contributed by atoms with van der Waals surface area (Å²) in [5.74, 6) is 0.353. The molecular formula is C12H10O2. The number of ether oxygens (including phenoxy) is 1. The molecule has 0 fully saturated rings. The van der Waals surface area contributed by atoms with E-state index in [0.717, 1.165) is 11.1 Å². The Bertz CT molecular complexity index is 413. The van der Waals surface area contributed by atoms with Crippen LogP contribution in [0.25, 0.3) is 6.08 Å². The average Bonchev–Trinajstić information content (AvgIpc) is 2.47. The van der Waals surface area contributed by atoms with Gasteiger partial charge in [0.1, 0.15) is 5.76 Å². The Morgan fingerprint density at radius 2 is 1.93 bits per heavy atom. The van der Waals surface area contributed by atoms with Crippen molar-refractivity contribution >= 4 is 12.0 Å². The van der Waals surface area contributed by atoms with E-state index in [2.05, 4.69) is 0 Å². The van der Waals surface area contributed by atoms with Gasteiger partial charge in [-0.25, -0.2) is 4.79 Å². The maximum atomic E-state index is 10.9. The van der Waals surface area contributed by atoms with E-state index in [1.54, 1.807) is 0 Å². The zero-order valence-electron chi connectivity index (χ0n) is 7.86. The minimum absolute atomic E-state index is 0.287. The maximum absolute atomic E-state index is 10.9. The molecule has 2 rings (SSSR count). The van der Waals surface area contributed by atoms with Crippen molar-refractivity contribution in [3.05, 3.63) is 53.3 Å². The van der Waals surface area contributed by atoms with Crippen molar-refractivity contribution in [2.24, 2.45) is 0 Å². The van der Waals surface area contributed by atoms with E-state index in [9.17, 15) is 4.79 Å². The molecule has 0 unspecified atom stereocenters. The molecule has 14 heavy (non-hydrogen) atoms. The second kappa shape index (κ2) is 3.50. The largest absolute Gasteiger partial charge is 0.423 e. The third-order valence-electron chi connectivity index (χ3n) is 2.03. The topological polar surface area (TPSA) is 26.3 Å². The van der Waals surface area contributed by atoms with Crippen LogP contribution in [0, 0.1) is 0 Å². The molecule has 2 nitrogen and oxygen atoms in total. The van der Waals surface area contributed by atoms with E-state index in [-0.39, 0.29) is 5.97 Å². The Balaban J connectivity index is 2.29. The molecule has 1 aliphatic heterocycles. The molecule has 0 saturated heterocycles. The first-order valence-electron chi connectivity index (χ1n) is 4.43. The lowest BCUT2D eigenvalue weighted by Gasteiger charge is -1.99. The average molecular weight is 186 g/mol. The second-order valence-electron chi connectivity index (χ2n) is 3.17.